The van der Waals surface area contributed by atoms with Crippen LogP contribution in [0.25, 0.3) is 0 Å². The van der Waals surface area contributed by atoms with E-state index in [2.05, 4.69) is 25.9 Å². The number of aromatic nitrogens is 1. The summed E-state index contributed by atoms with van der Waals surface area (Å²) >= 11 is 0. The molecule has 0 unspecified atom stereocenters. The predicted molar refractivity (Wildman–Crippen MR) is 76.9 cm³/mol. The molecule has 1 aromatic heterocycles. The fraction of sp³-hybridized carbons (Fsp3) is 0.733. The zero-order valence-corrected chi connectivity index (χ0v) is 13.3. The predicted octanol–water partition coefficient (Wildman–Crippen LogP) is 2.36. The molecule has 0 spiro atoms. The maximum absolute atomic E-state index is 11.3. The highest BCUT2D eigenvalue weighted by molar-refractivity contribution is 5.92. The molecule has 118 valence electrons. The molecule has 6 nitrogen and oxygen atoms in total. The molecule has 1 aliphatic heterocycles. The molecule has 21 heavy (non-hydrogen) atoms. The molecule has 1 saturated heterocycles. The number of nitrogens with two attached hydrogens (primary N) is 1. The van der Waals surface area contributed by atoms with Crippen LogP contribution in [0.5, 0.6) is 0 Å². The monoisotopic (exact) mass is 296 g/mol. The number of rotatable bonds is 3. The van der Waals surface area contributed by atoms with Crippen molar-refractivity contribution in [3.63, 3.8) is 0 Å². The molecule has 6 heteroatoms. The molecule has 1 aliphatic rings. The highest BCUT2D eigenvalue weighted by atomic mass is 16.5. The summed E-state index contributed by atoms with van der Waals surface area (Å²) in [6, 6.07) is 0. The number of carbonyl (C=O) groups excluding carboxylic acids is 1. The summed E-state index contributed by atoms with van der Waals surface area (Å²) < 4.78 is 17.0. The van der Waals surface area contributed by atoms with Gasteiger partial charge in [-0.05, 0) is 12.3 Å². The Bertz CT molecular complexity index is 518. The van der Waals surface area contributed by atoms with Crippen molar-refractivity contribution in [1.82, 2.24) is 5.16 Å². The van der Waals surface area contributed by atoms with E-state index >= 15 is 0 Å². The van der Waals surface area contributed by atoms with Crippen LogP contribution in [0.15, 0.2) is 4.52 Å². The topological polar surface area (TPSA) is 87.6 Å². The molecular weight excluding hydrogens is 272 g/mol. The fourth-order valence-electron chi connectivity index (χ4n) is 2.68. The van der Waals surface area contributed by atoms with Gasteiger partial charge in [-0.25, -0.2) is 0 Å². The molecule has 3 atom stereocenters. The van der Waals surface area contributed by atoms with Crippen LogP contribution in [0, 0.1) is 12.3 Å². The van der Waals surface area contributed by atoms with Crippen molar-refractivity contribution in [3.8, 4) is 0 Å². The van der Waals surface area contributed by atoms with Crippen LogP contribution in [0.2, 0.25) is 0 Å². The Labute approximate surface area is 124 Å². The summed E-state index contributed by atoms with van der Waals surface area (Å²) in [5.74, 6) is -0.0197. The lowest BCUT2D eigenvalue weighted by atomic mass is 9.82. The van der Waals surface area contributed by atoms with Crippen LogP contribution in [-0.2, 0) is 9.47 Å². The number of methoxy groups -OCH3 is 1. The van der Waals surface area contributed by atoms with E-state index < -0.39 is 5.91 Å². The second-order valence-electron chi connectivity index (χ2n) is 6.69. The zero-order chi connectivity index (χ0) is 15.8. The first-order chi connectivity index (χ1) is 9.74. The van der Waals surface area contributed by atoms with E-state index in [1.807, 2.05) is 0 Å². The molecule has 1 fully saturated rings. The van der Waals surface area contributed by atoms with Crippen molar-refractivity contribution < 1.29 is 18.8 Å². The fourth-order valence-corrected chi connectivity index (χ4v) is 2.68. The lowest BCUT2D eigenvalue weighted by Crippen LogP contribution is -2.40. The van der Waals surface area contributed by atoms with E-state index in [9.17, 15) is 4.79 Å². The number of ether oxygens (including phenoxy) is 2. The van der Waals surface area contributed by atoms with Crippen LogP contribution in [-0.4, -0.2) is 30.4 Å². The van der Waals surface area contributed by atoms with Crippen molar-refractivity contribution in [2.24, 2.45) is 11.1 Å². The number of amides is 1. The average molecular weight is 296 g/mol. The molecule has 2 N–H and O–H groups in total. The third-order valence-corrected chi connectivity index (χ3v) is 4.07. The molecule has 0 radical (unpaired) electrons. The Morgan fingerprint density at radius 3 is 2.52 bits per heavy atom. The van der Waals surface area contributed by atoms with Gasteiger partial charge in [-0.2, -0.15) is 0 Å². The number of hydrogen-bond acceptors (Lipinski definition) is 5. The summed E-state index contributed by atoms with van der Waals surface area (Å²) in [6.45, 7) is 8.18. The van der Waals surface area contributed by atoms with E-state index in [1.54, 1.807) is 14.0 Å². The molecular formula is C15H24N2O4. The molecule has 1 amide bonds. The second-order valence-corrected chi connectivity index (χ2v) is 6.69. The van der Waals surface area contributed by atoms with E-state index in [-0.39, 0.29) is 29.4 Å². The zero-order valence-electron chi connectivity index (χ0n) is 13.3. The van der Waals surface area contributed by atoms with Crippen molar-refractivity contribution in [1.29, 1.82) is 0 Å². The summed E-state index contributed by atoms with van der Waals surface area (Å²) in [4.78, 5) is 11.3. The number of carbonyl (C=O) groups is 1. The first-order valence-electron chi connectivity index (χ1n) is 7.18. The van der Waals surface area contributed by atoms with E-state index in [0.717, 1.165) is 6.42 Å². The molecule has 0 aromatic carbocycles. The van der Waals surface area contributed by atoms with Gasteiger partial charge in [-0.15, -0.1) is 0 Å². The molecule has 2 heterocycles. The van der Waals surface area contributed by atoms with Crippen LogP contribution >= 0.6 is 0 Å². The van der Waals surface area contributed by atoms with Crippen LogP contribution in [0.4, 0.5) is 0 Å². The van der Waals surface area contributed by atoms with Crippen molar-refractivity contribution >= 4 is 5.91 Å². The quantitative estimate of drug-likeness (QED) is 0.925. The summed E-state index contributed by atoms with van der Waals surface area (Å²) in [5.41, 5.74) is 6.09. The Morgan fingerprint density at radius 1 is 1.38 bits per heavy atom. The molecule has 1 aromatic rings. The smallest absolute Gasteiger partial charge is 0.271 e. The second kappa shape index (κ2) is 5.77. The van der Waals surface area contributed by atoms with Gasteiger partial charge in [0.1, 0.15) is 6.10 Å². The van der Waals surface area contributed by atoms with Gasteiger partial charge >= 0.3 is 0 Å². The van der Waals surface area contributed by atoms with Gasteiger partial charge in [0.25, 0.3) is 5.91 Å². The molecule has 0 aliphatic carbocycles. The Balaban J connectivity index is 2.28. The number of hydrogen-bond donors (Lipinski definition) is 1. The van der Waals surface area contributed by atoms with Gasteiger partial charge in [0, 0.05) is 25.5 Å². The van der Waals surface area contributed by atoms with Gasteiger partial charge in [-0.1, -0.05) is 25.9 Å². The van der Waals surface area contributed by atoms with Crippen LogP contribution in [0.3, 0.4) is 0 Å². The van der Waals surface area contributed by atoms with Gasteiger partial charge in [0.15, 0.2) is 11.5 Å². The Hall–Kier alpha value is -1.40. The number of nitrogens with zero attached hydrogens (tertiary/aromatic N) is 1. The van der Waals surface area contributed by atoms with Crippen molar-refractivity contribution in [3.05, 3.63) is 17.0 Å². The van der Waals surface area contributed by atoms with Gasteiger partial charge in [0.05, 0.1) is 12.2 Å². The third kappa shape index (κ3) is 3.27. The highest BCUT2D eigenvalue weighted by Crippen LogP contribution is 2.40. The third-order valence-electron chi connectivity index (χ3n) is 4.07. The largest absolute Gasteiger partial charge is 0.381 e. The molecule has 0 saturated carbocycles. The first kappa shape index (κ1) is 16.0. The summed E-state index contributed by atoms with van der Waals surface area (Å²) in [5, 5.41) is 3.76. The minimum Gasteiger partial charge on any atom is -0.381 e. The standard InChI is InChI=1S/C15H24N2O4/c1-8-12(14(16)18)17-21-13(8)10-6-9(19-5)7-11(20-10)15(2,3)4/h9-11H,6-7H2,1-5H3,(H2,16,18)/t9-,10+,11-/m1/s1. The maximum Gasteiger partial charge on any atom is 0.271 e. The lowest BCUT2D eigenvalue weighted by Gasteiger charge is -2.40. The SMILES string of the molecule is CO[C@@H]1C[C@@H](c2onc(C(N)=O)c2C)O[C@@H](C(C)(C)C)C1. The minimum absolute atomic E-state index is 0.00407. The van der Waals surface area contributed by atoms with Crippen molar-refractivity contribution in [2.45, 2.75) is 58.8 Å². The Kier molecular flexibility index (Phi) is 4.39. The summed E-state index contributed by atoms with van der Waals surface area (Å²) in [6.07, 6.45) is 1.38. The average Bonchev–Trinajstić information content (AvgIpc) is 2.79. The van der Waals surface area contributed by atoms with Crippen LogP contribution < -0.4 is 5.73 Å². The van der Waals surface area contributed by atoms with Crippen LogP contribution in [0.1, 0.15) is 61.5 Å². The Morgan fingerprint density at radius 2 is 2.05 bits per heavy atom. The van der Waals surface area contributed by atoms with E-state index in [0.29, 0.717) is 17.7 Å². The van der Waals surface area contributed by atoms with Gasteiger partial charge in [0.2, 0.25) is 0 Å². The highest BCUT2D eigenvalue weighted by Gasteiger charge is 2.39. The van der Waals surface area contributed by atoms with Crippen molar-refractivity contribution in [2.75, 3.05) is 7.11 Å². The van der Waals surface area contributed by atoms with Gasteiger partial charge in [-0.3, -0.25) is 4.79 Å². The lowest BCUT2D eigenvalue weighted by molar-refractivity contribution is -0.150. The summed E-state index contributed by atoms with van der Waals surface area (Å²) in [7, 11) is 1.70. The normalized spacial score (nSPS) is 26.8. The first-order valence-corrected chi connectivity index (χ1v) is 7.18. The molecule has 2 rings (SSSR count). The maximum atomic E-state index is 11.3. The molecule has 0 bridgehead atoms. The van der Waals surface area contributed by atoms with E-state index in [1.165, 1.54) is 0 Å². The van der Waals surface area contributed by atoms with E-state index in [4.69, 9.17) is 19.7 Å². The van der Waals surface area contributed by atoms with Gasteiger partial charge < -0.3 is 19.7 Å². The minimum atomic E-state index is -0.589. The number of primary amides is 1.